The molecule has 0 atom stereocenters. The minimum Gasteiger partial charge on any atom is -0.471 e. The summed E-state index contributed by atoms with van der Waals surface area (Å²) in [7, 11) is 0. The van der Waals surface area contributed by atoms with E-state index < -0.39 is 0 Å². The van der Waals surface area contributed by atoms with Gasteiger partial charge in [0.25, 0.3) is 0 Å². The van der Waals surface area contributed by atoms with Crippen LogP contribution >= 0.6 is 0 Å². The fourth-order valence-electron chi connectivity index (χ4n) is 2.08. The van der Waals surface area contributed by atoms with E-state index >= 15 is 0 Å². The molecule has 6 heteroatoms. The van der Waals surface area contributed by atoms with Crippen LogP contribution < -0.4 is 10.5 Å². The maximum Gasteiger partial charge on any atom is 0.245 e. The minimum atomic E-state index is 0.153. The molecule has 0 saturated carbocycles. The van der Waals surface area contributed by atoms with Crippen molar-refractivity contribution in [1.29, 1.82) is 0 Å². The van der Waals surface area contributed by atoms with Gasteiger partial charge in [-0.3, -0.25) is 0 Å². The molecule has 0 aliphatic heterocycles. The standard InChI is InChI=1S/C15H17N5O/c1-9(2)11-5-3-10(4-6-11)7-21-14-12-13(18-8-17-12)19-15(16)20-14/h3-6,8-9H,7H2,1-2H3,(H3,16,17,18,19,20). The van der Waals surface area contributed by atoms with Gasteiger partial charge >= 0.3 is 0 Å². The first-order valence-corrected chi connectivity index (χ1v) is 6.81. The van der Waals surface area contributed by atoms with Crippen LogP contribution in [0.5, 0.6) is 5.88 Å². The molecule has 108 valence electrons. The van der Waals surface area contributed by atoms with Crippen LogP contribution in [0.25, 0.3) is 11.2 Å². The fourth-order valence-corrected chi connectivity index (χ4v) is 2.08. The molecule has 0 unspecified atom stereocenters. The largest absolute Gasteiger partial charge is 0.471 e. The summed E-state index contributed by atoms with van der Waals surface area (Å²) in [5.41, 5.74) is 9.19. The monoisotopic (exact) mass is 283 g/mol. The number of aromatic nitrogens is 4. The van der Waals surface area contributed by atoms with Gasteiger partial charge in [0, 0.05) is 0 Å². The van der Waals surface area contributed by atoms with Crippen LogP contribution in [0.1, 0.15) is 30.9 Å². The number of benzene rings is 1. The number of nitrogens with two attached hydrogens (primary N) is 1. The summed E-state index contributed by atoms with van der Waals surface area (Å²) in [6.45, 7) is 4.76. The van der Waals surface area contributed by atoms with Crippen molar-refractivity contribution >= 4 is 17.1 Å². The Hall–Kier alpha value is -2.63. The van der Waals surface area contributed by atoms with Crippen LogP contribution in [0, 0.1) is 0 Å². The normalized spacial score (nSPS) is 11.2. The number of imidazole rings is 1. The van der Waals surface area contributed by atoms with E-state index in [-0.39, 0.29) is 5.95 Å². The molecule has 0 saturated heterocycles. The van der Waals surface area contributed by atoms with E-state index in [0.717, 1.165) is 5.56 Å². The SMILES string of the molecule is CC(C)c1ccc(COc2nc(N)nc3nc[nH]c23)cc1. The van der Waals surface area contributed by atoms with Crippen LogP contribution in [0.15, 0.2) is 30.6 Å². The van der Waals surface area contributed by atoms with Gasteiger partial charge in [-0.15, -0.1) is 0 Å². The van der Waals surface area contributed by atoms with Gasteiger partial charge in [0.1, 0.15) is 12.1 Å². The third kappa shape index (κ3) is 2.79. The maximum absolute atomic E-state index is 5.74. The van der Waals surface area contributed by atoms with Gasteiger partial charge in [0.2, 0.25) is 11.8 Å². The highest BCUT2D eigenvalue weighted by Crippen LogP contribution is 2.21. The van der Waals surface area contributed by atoms with E-state index in [1.54, 1.807) is 6.33 Å². The fraction of sp³-hybridized carbons (Fsp3) is 0.267. The van der Waals surface area contributed by atoms with Gasteiger partial charge in [-0.05, 0) is 17.0 Å². The number of aromatic amines is 1. The molecule has 2 heterocycles. The van der Waals surface area contributed by atoms with Crippen molar-refractivity contribution < 1.29 is 4.74 Å². The van der Waals surface area contributed by atoms with Crippen LogP contribution in [0.3, 0.4) is 0 Å². The van der Waals surface area contributed by atoms with Crippen LogP contribution in [-0.4, -0.2) is 19.9 Å². The number of rotatable bonds is 4. The summed E-state index contributed by atoms with van der Waals surface area (Å²) in [5, 5.41) is 0. The van der Waals surface area contributed by atoms with E-state index in [1.165, 1.54) is 5.56 Å². The van der Waals surface area contributed by atoms with Crippen LogP contribution in [0.2, 0.25) is 0 Å². The molecular formula is C15H17N5O. The molecule has 0 aliphatic carbocycles. The van der Waals surface area contributed by atoms with Crippen LogP contribution in [0.4, 0.5) is 5.95 Å². The van der Waals surface area contributed by atoms with Crippen LogP contribution in [-0.2, 0) is 6.61 Å². The average Bonchev–Trinajstić information content (AvgIpc) is 2.93. The molecule has 0 spiro atoms. The highest BCUT2D eigenvalue weighted by Gasteiger charge is 2.10. The molecule has 2 aromatic heterocycles. The summed E-state index contributed by atoms with van der Waals surface area (Å²) in [5.74, 6) is 1.09. The molecule has 3 rings (SSSR count). The molecule has 0 aliphatic rings. The molecule has 0 bridgehead atoms. The smallest absolute Gasteiger partial charge is 0.245 e. The summed E-state index contributed by atoms with van der Waals surface area (Å²) >= 11 is 0. The zero-order valence-corrected chi connectivity index (χ0v) is 12.0. The zero-order chi connectivity index (χ0) is 14.8. The third-order valence-electron chi connectivity index (χ3n) is 3.29. The molecule has 0 fully saturated rings. The molecule has 3 aromatic rings. The van der Waals surface area contributed by atoms with Crippen molar-refractivity contribution in [3.05, 3.63) is 41.7 Å². The van der Waals surface area contributed by atoms with Crippen molar-refractivity contribution in [3.8, 4) is 5.88 Å². The van der Waals surface area contributed by atoms with Gasteiger partial charge in [-0.2, -0.15) is 9.97 Å². The number of hydrogen-bond donors (Lipinski definition) is 2. The highest BCUT2D eigenvalue weighted by atomic mass is 16.5. The lowest BCUT2D eigenvalue weighted by molar-refractivity contribution is 0.297. The second kappa shape index (κ2) is 5.40. The van der Waals surface area contributed by atoms with E-state index in [4.69, 9.17) is 10.5 Å². The Kier molecular flexibility index (Phi) is 3.43. The number of nitrogen functional groups attached to an aromatic ring is 1. The lowest BCUT2D eigenvalue weighted by atomic mass is 10.0. The summed E-state index contributed by atoms with van der Waals surface area (Å²) < 4.78 is 5.74. The van der Waals surface area contributed by atoms with Gasteiger partial charge in [0.05, 0.1) is 6.33 Å². The number of nitrogens with one attached hydrogen (secondary N) is 1. The number of H-pyrrole nitrogens is 1. The number of anilines is 1. The van der Waals surface area contributed by atoms with E-state index in [0.29, 0.717) is 29.6 Å². The van der Waals surface area contributed by atoms with Crippen molar-refractivity contribution in [2.45, 2.75) is 26.4 Å². The summed E-state index contributed by atoms with van der Waals surface area (Å²) in [6.07, 6.45) is 1.54. The Bertz CT molecular complexity index is 748. The molecular weight excluding hydrogens is 266 g/mol. The predicted molar refractivity (Wildman–Crippen MR) is 81.0 cm³/mol. The van der Waals surface area contributed by atoms with Crippen molar-refractivity contribution in [2.75, 3.05) is 5.73 Å². The van der Waals surface area contributed by atoms with E-state index in [2.05, 4.69) is 58.0 Å². The molecule has 1 aromatic carbocycles. The predicted octanol–water partition coefficient (Wildman–Crippen LogP) is 2.64. The Morgan fingerprint density at radius 3 is 2.67 bits per heavy atom. The van der Waals surface area contributed by atoms with Gasteiger partial charge in [0.15, 0.2) is 5.65 Å². The highest BCUT2D eigenvalue weighted by molar-refractivity contribution is 5.76. The first-order chi connectivity index (χ1) is 10.1. The maximum atomic E-state index is 5.74. The Morgan fingerprint density at radius 2 is 1.95 bits per heavy atom. The van der Waals surface area contributed by atoms with Crippen molar-refractivity contribution in [2.24, 2.45) is 0 Å². The number of hydrogen-bond acceptors (Lipinski definition) is 5. The second-order valence-electron chi connectivity index (χ2n) is 5.17. The Morgan fingerprint density at radius 1 is 1.19 bits per heavy atom. The summed E-state index contributed by atoms with van der Waals surface area (Å²) in [6, 6.07) is 8.35. The lowest BCUT2D eigenvalue weighted by Crippen LogP contribution is -2.02. The Balaban J connectivity index is 1.78. The van der Waals surface area contributed by atoms with Gasteiger partial charge in [-0.1, -0.05) is 38.1 Å². The van der Waals surface area contributed by atoms with E-state index in [1.807, 2.05) is 0 Å². The zero-order valence-electron chi connectivity index (χ0n) is 12.0. The molecule has 0 radical (unpaired) electrons. The van der Waals surface area contributed by atoms with Crippen molar-refractivity contribution in [1.82, 2.24) is 19.9 Å². The summed E-state index contributed by atoms with van der Waals surface area (Å²) in [4.78, 5) is 15.2. The molecule has 6 nitrogen and oxygen atoms in total. The average molecular weight is 283 g/mol. The molecule has 21 heavy (non-hydrogen) atoms. The number of ether oxygens (including phenoxy) is 1. The third-order valence-corrected chi connectivity index (χ3v) is 3.29. The van der Waals surface area contributed by atoms with Gasteiger partial charge < -0.3 is 15.5 Å². The topological polar surface area (TPSA) is 89.7 Å². The lowest BCUT2D eigenvalue weighted by Gasteiger charge is -2.09. The number of nitrogens with zero attached hydrogens (tertiary/aromatic N) is 3. The second-order valence-corrected chi connectivity index (χ2v) is 5.17. The quantitative estimate of drug-likeness (QED) is 0.768. The molecule has 0 amide bonds. The van der Waals surface area contributed by atoms with Gasteiger partial charge in [-0.25, -0.2) is 4.98 Å². The minimum absolute atomic E-state index is 0.153. The first kappa shape index (κ1) is 13.4. The first-order valence-electron chi connectivity index (χ1n) is 6.81. The number of fused-ring (bicyclic) bond motifs is 1. The molecule has 3 N–H and O–H groups in total. The van der Waals surface area contributed by atoms with E-state index in [9.17, 15) is 0 Å². The van der Waals surface area contributed by atoms with Crippen molar-refractivity contribution in [3.63, 3.8) is 0 Å². The Labute approximate surface area is 122 Å².